The van der Waals surface area contributed by atoms with E-state index in [1.165, 1.54) is 0 Å². The Morgan fingerprint density at radius 1 is 1.38 bits per heavy atom. The van der Waals surface area contributed by atoms with Crippen LogP contribution < -0.4 is 11.1 Å². The number of oxime groups is 1. The molecule has 1 aromatic rings. The van der Waals surface area contributed by atoms with Crippen molar-refractivity contribution in [1.82, 2.24) is 10.2 Å². The smallest absolute Gasteiger partial charge is 0.223 e. The van der Waals surface area contributed by atoms with Crippen LogP contribution in [0.15, 0.2) is 29.4 Å². The Bertz CT molecular complexity index is 484. The van der Waals surface area contributed by atoms with E-state index in [1.54, 1.807) is 6.07 Å². The van der Waals surface area contributed by atoms with Crippen molar-refractivity contribution in [3.8, 4) is 0 Å². The monoisotopic (exact) mass is 292 g/mol. The van der Waals surface area contributed by atoms with Crippen LogP contribution in [0.25, 0.3) is 0 Å². The Morgan fingerprint density at radius 2 is 2.10 bits per heavy atom. The van der Waals surface area contributed by atoms with Crippen molar-refractivity contribution >= 4 is 11.7 Å². The number of benzene rings is 1. The number of hydrogen-bond donors (Lipinski definition) is 3. The molecule has 1 rings (SSSR count). The maximum Gasteiger partial charge on any atom is 0.223 e. The van der Waals surface area contributed by atoms with Gasteiger partial charge in [0.15, 0.2) is 5.84 Å². The highest BCUT2D eigenvalue weighted by Gasteiger charge is 2.08. The zero-order chi connectivity index (χ0) is 15.7. The van der Waals surface area contributed by atoms with E-state index in [2.05, 4.69) is 10.5 Å². The lowest BCUT2D eigenvalue weighted by molar-refractivity contribution is -0.130. The zero-order valence-electron chi connectivity index (χ0n) is 12.7. The minimum atomic E-state index is 0.0913. The minimum absolute atomic E-state index is 0.0913. The van der Waals surface area contributed by atoms with Crippen molar-refractivity contribution in [2.75, 3.05) is 19.6 Å². The summed E-state index contributed by atoms with van der Waals surface area (Å²) in [6.07, 6.45) is 0.488. The number of nitrogens with two attached hydrogens (primary N) is 1. The molecule has 0 aliphatic rings. The molecule has 0 bridgehead atoms. The summed E-state index contributed by atoms with van der Waals surface area (Å²) in [6, 6.07) is 7.44. The molecule has 1 aromatic carbocycles. The fourth-order valence-electron chi connectivity index (χ4n) is 2.06. The van der Waals surface area contributed by atoms with E-state index in [1.807, 2.05) is 36.9 Å². The van der Waals surface area contributed by atoms with Gasteiger partial charge in [-0.15, -0.1) is 0 Å². The van der Waals surface area contributed by atoms with Crippen LogP contribution in [0, 0.1) is 0 Å². The summed E-state index contributed by atoms with van der Waals surface area (Å²) >= 11 is 0. The van der Waals surface area contributed by atoms with Gasteiger partial charge in [-0.2, -0.15) is 0 Å². The van der Waals surface area contributed by atoms with Gasteiger partial charge in [-0.1, -0.05) is 23.4 Å². The molecule has 0 aromatic heterocycles. The second-order valence-electron chi connectivity index (χ2n) is 4.68. The molecule has 0 aliphatic carbocycles. The molecule has 0 atom stereocenters. The first kappa shape index (κ1) is 17.0. The lowest BCUT2D eigenvalue weighted by Crippen LogP contribution is -2.32. The molecule has 0 saturated heterocycles. The third-order valence-electron chi connectivity index (χ3n) is 3.29. The SMILES string of the molecule is CCN(CC)C(=O)CCNCc1cccc(/C(N)=N/O)c1. The largest absolute Gasteiger partial charge is 0.409 e. The third kappa shape index (κ3) is 5.43. The highest BCUT2D eigenvalue weighted by Crippen LogP contribution is 2.05. The van der Waals surface area contributed by atoms with Crippen LogP contribution in [0.5, 0.6) is 0 Å². The van der Waals surface area contributed by atoms with Crippen LogP contribution in [0.1, 0.15) is 31.4 Å². The molecule has 0 heterocycles. The average Bonchev–Trinajstić information content (AvgIpc) is 2.52. The molecule has 1 amide bonds. The molecule has 0 unspecified atom stereocenters. The van der Waals surface area contributed by atoms with Crippen molar-refractivity contribution < 1.29 is 10.0 Å². The van der Waals surface area contributed by atoms with Gasteiger partial charge in [0.2, 0.25) is 5.91 Å². The molecule has 6 heteroatoms. The van der Waals surface area contributed by atoms with Gasteiger partial charge in [-0.25, -0.2) is 0 Å². The summed E-state index contributed by atoms with van der Waals surface area (Å²) in [5.74, 6) is 0.256. The Balaban J connectivity index is 2.41. The first-order chi connectivity index (χ1) is 10.1. The lowest BCUT2D eigenvalue weighted by Gasteiger charge is -2.18. The molecule has 4 N–H and O–H groups in total. The molecule has 6 nitrogen and oxygen atoms in total. The van der Waals surface area contributed by atoms with E-state index in [-0.39, 0.29) is 11.7 Å². The van der Waals surface area contributed by atoms with E-state index in [0.29, 0.717) is 25.1 Å². The van der Waals surface area contributed by atoms with E-state index in [4.69, 9.17) is 10.9 Å². The molecule has 0 fully saturated rings. The van der Waals surface area contributed by atoms with Crippen molar-refractivity contribution in [3.05, 3.63) is 35.4 Å². The van der Waals surface area contributed by atoms with Crippen molar-refractivity contribution in [1.29, 1.82) is 0 Å². The van der Waals surface area contributed by atoms with Gasteiger partial charge in [0.1, 0.15) is 0 Å². The van der Waals surface area contributed by atoms with Gasteiger partial charge in [0.05, 0.1) is 0 Å². The van der Waals surface area contributed by atoms with Gasteiger partial charge >= 0.3 is 0 Å². The second-order valence-corrected chi connectivity index (χ2v) is 4.68. The van der Waals surface area contributed by atoms with Crippen LogP contribution >= 0.6 is 0 Å². The molecule has 0 spiro atoms. The Labute approximate surface area is 125 Å². The van der Waals surface area contributed by atoms with Crippen molar-refractivity contribution in [2.45, 2.75) is 26.8 Å². The van der Waals surface area contributed by atoms with Crippen LogP contribution in [0.2, 0.25) is 0 Å². The quantitative estimate of drug-likeness (QED) is 0.220. The maximum atomic E-state index is 11.8. The van der Waals surface area contributed by atoms with Crippen LogP contribution in [0.3, 0.4) is 0 Å². The summed E-state index contributed by atoms with van der Waals surface area (Å²) in [5.41, 5.74) is 7.25. The number of amides is 1. The number of carbonyl (C=O) groups excluding carboxylic acids is 1. The first-order valence-corrected chi connectivity index (χ1v) is 7.17. The predicted molar refractivity (Wildman–Crippen MR) is 83.2 cm³/mol. The molecule has 116 valence electrons. The number of hydrogen-bond acceptors (Lipinski definition) is 4. The van der Waals surface area contributed by atoms with E-state index in [9.17, 15) is 4.79 Å². The fraction of sp³-hybridized carbons (Fsp3) is 0.467. The Morgan fingerprint density at radius 3 is 2.71 bits per heavy atom. The summed E-state index contributed by atoms with van der Waals surface area (Å²) in [5, 5.41) is 14.9. The van der Waals surface area contributed by atoms with E-state index >= 15 is 0 Å². The third-order valence-corrected chi connectivity index (χ3v) is 3.29. The highest BCUT2D eigenvalue weighted by atomic mass is 16.4. The number of carbonyl (C=O) groups is 1. The maximum absolute atomic E-state index is 11.8. The Hall–Kier alpha value is -2.08. The van der Waals surface area contributed by atoms with E-state index < -0.39 is 0 Å². The molecule has 0 aliphatic heterocycles. The predicted octanol–water partition coefficient (Wildman–Crippen LogP) is 1.13. The topological polar surface area (TPSA) is 91.0 Å². The molecular weight excluding hydrogens is 268 g/mol. The highest BCUT2D eigenvalue weighted by molar-refractivity contribution is 5.97. The number of nitrogens with one attached hydrogen (secondary N) is 1. The fourth-order valence-corrected chi connectivity index (χ4v) is 2.06. The van der Waals surface area contributed by atoms with Crippen LogP contribution in [0.4, 0.5) is 0 Å². The molecule has 21 heavy (non-hydrogen) atoms. The average molecular weight is 292 g/mol. The lowest BCUT2D eigenvalue weighted by atomic mass is 10.1. The first-order valence-electron chi connectivity index (χ1n) is 7.17. The molecule has 0 radical (unpaired) electrons. The summed E-state index contributed by atoms with van der Waals surface area (Å²) < 4.78 is 0. The van der Waals surface area contributed by atoms with Crippen LogP contribution in [-0.4, -0.2) is 41.5 Å². The molecular formula is C15H24N4O2. The number of nitrogens with zero attached hydrogens (tertiary/aromatic N) is 2. The van der Waals surface area contributed by atoms with Crippen molar-refractivity contribution in [3.63, 3.8) is 0 Å². The minimum Gasteiger partial charge on any atom is -0.409 e. The van der Waals surface area contributed by atoms with Gasteiger partial charge in [-0.05, 0) is 25.5 Å². The van der Waals surface area contributed by atoms with E-state index in [0.717, 1.165) is 18.7 Å². The van der Waals surface area contributed by atoms with Gasteiger partial charge < -0.3 is 21.2 Å². The Kier molecular flexibility index (Phi) is 7.25. The summed E-state index contributed by atoms with van der Waals surface area (Å²) in [7, 11) is 0. The van der Waals surface area contributed by atoms with Crippen molar-refractivity contribution in [2.24, 2.45) is 10.9 Å². The zero-order valence-corrected chi connectivity index (χ0v) is 12.7. The molecule has 0 saturated carbocycles. The van der Waals surface area contributed by atoms with Gasteiger partial charge in [0.25, 0.3) is 0 Å². The van der Waals surface area contributed by atoms with Gasteiger partial charge in [0, 0.05) is 38.2 Å². The van der Waals surface area contributed by atoms with Gasteiger partial charge in [-0.3, -0.25) is 4.79 Å². The normalized spacial score (nSPS) is 11.4. The van der Waals surface area contributed by atoms with Crippen LogP contribution in [-0.2, 0) is 11.3 Å². The summed E-state index contributed by atoms with van der Waals surface area (Å²) in [6.45, 7) is 6.72. The standard InChI is InChI=1S/C15H24N4O2/c1-3-19(4-2)14(20)8-9-17-11-12-6-5-7-13(10-12)15(16)18-21/h5-7,10,17,21H,3-4,8-9,11H2,1-2H3,(H2,16,18). The summed E-state index contributed by atoms with van der Waals surface area (Å²) in [4.78, 5) is 13.6. The second kappa shape index (κ2) is 8.97. The number of rotatable bonds is 8. The number of amidine groups is 1.